The molecule has 0 saturated carbocycles. The summed E-state index contributed by atoms with van der Waals surface area (Å²) in [6, 6.07) is 30.4. The number of nitrogens with one attached hydrogen (secondary N) is 1. The van der Waals surface area contributed by atoms with Crippen molar-refractivity contribution in [3.63, 3.8) is 0 Å². The Hall–Kier alpha value is -3.46. The lowest BCUT2D eigenvalue weighted by Gasteiger charge is -2.02. The second kappa shape index (κ2) is 9.16. The van der Waals surface area contributed by atoms with Crippen molar-refractivity contribution < 1.29 is 4.79 Å². The smallest absolute Gasteiger partial charge is 0.137 e. The van der Waals surface area contributed by atoms with Crippen molar-refractivity contribution in [3.05, 3.63) is 102 Å². The molecule has 0 aliphatic rings. The fourth-order valence-corrected chi connectivity index (χ4v) is 3.52. The molecule has 0 aliphatic carbocycles. The van der Waals surface area contributed by atoms with Crippen LogP contribution in [0.2, 0.25) is 0 Å². The topological polar surface area (TPSA) is 45.8 Å². The van der Waals surface area contributed by atoms with Gasteiger partial charge in [-0.25, -0.2) is 4.98 Å². The second-order valence-electron chi connectivity index (χ2n) is 7.19. The Bertz CT molecular complexity index is 997. The fraction of sp³-hybridized carbons (Fsp3) is 0.154. The number of carbonyl (C=O) groups is 1. The number of aromatic amines is 1. The molecule has 3 heteroatoms. The van der Waals surface area contributed by atoms with E-state index in [0.29, 0.717) is 12.8 Å². The van der Waals surface area contributed by atoms with Crippen LogP contribution in [0.3, 0.4) is 0 Å². The molecule has 1 heterocycles. The van der Waals surface area contributed by atoms with Gasteiger partial charge in [0.05, 0.1) is 11.4 Å². The number of aryl methyl sites for hydroxylation is 1. The molecule has 4 aromatic rings. The van der Waals surface area contributed by atoms with Crippen molar-refractivity contribution >= 4 is 5.78 Å². The number of Topliss-reactive ketones (excluding diaryl/α,β-unsaturated/α-hetero) is 1. The SMILES string of the molecule is O=C(CCCc1nc(-c2ccccc2)c(-c2ccccc2)[nH]1)Cc1ccccc1. The van der Waals surface area contributed by atoms with E-state index in [1.807, 2.05) is 66.7 Å². The van der Waals surface area contributed by atoms with Crippen molar-refractivity contribution in [2.75, 3.05) is 0 Å². The van der Waals surface area contributed by atoms with Gasteiger partial charge in [0.15, 0.2) is 0 Å². The lowest BCUT2D eigenvalue weighted by atomic mass is 10.0. The van der Waals surface area contributed by atoms with E-state index in [1.165, 1.54) is 0 Å². The largest absolute Gasteiger partial charge is 0.341 e. The number of rotatable bonds is 8. The van der Waals surface area contributed by atoms with E-state index in [0.717, 1.165) is 46.7 Å². The maximum absolute atomic E-state index is 12.3. The van der Waals surface area contributed by atoms with Crippen molar-refractivity contribution in [2.24, 2.45) is 0 Å². The highest BCUT2D eigenvalue weighted by Gasteiger charge is 2.14. The van der Waals surface area contributed by atoms with Gasteiger partial charge in [-0.2, -0.15) is 0 Å². The van der Waals surface area contributed by atoms with Gasteiger partial charge in [0.25, 0.3) is 0 Å². The lowest BCUT2D eigenvalue weighted by Crippen LogP contribution is -2.03. The summed E-state index contributed by atoms with van der Waals surface area (Å²) in [5.74, 6) is 1.20. The predicted octanol–water partition coefficient (Wildman–Crippen LogP) is 5.88. The first-order valence-corrected chi connectivity index (χ1v) is 10.0. The van der Waals surface area contributed by atoms with E-state index >= 15 is 0 Å². The van der Waals surface area contributed by atoms with Crippen LogP contribution in [-0.4, -0.2) is 15.8 Å². The molecule has 1 N–H and O–H groups in total. The standard InChI is InChI=1S/C26H24N2O/c29-23(19-20-11-4-1-5-12-20)17-10-18-24-27-25(21-13-6-2-7-14-21)26(28-24)22-15-8-3-9-16-22/h1-9,11-16H,10,17-19H2,(H,27,28). The highest BCUT2D eigenvalue weighted by molar-refractivity contribution is 5.81. The average molecular weight is 380 g/mol. The normalized spacial score (nSPS) is 10.8. The van der Waals surface area contributed by atoms with Gasteiger partial charge in [0, 0.05) is 30.4 Å². The number of hydrogen-bond donors (Lipinski definition) is 1. The summed E-state index contributed by atoms with van der Waals surface area (Å²) >= 11 is 0. The summed E-state index contributed by atoms with van der Waals surface area (Å²) in [6.45, 7) is 0. The number of imidazole rings is 1. The summed E-state index contributed by atoms with van der Waals surface area (Å²) in [7, 11) is 0. The van der Waals surface area contributed by atoms with E-state index in [2.05, 4.69) is 29.2 Å². The van der Waals surface area contributed by atoms with E-state index in [1.54, 1.807) is 0 Å². The van der Waals surface area contributed by atoms with Crippen LogP contribution in [0.1, 0.15) is 24.2 Å². The van der Waals surface area contributed by atoms with Crippen LogP contribution in [0.4, 0.5) is 0 Å². The minimum Gasteiger partial charge on any atom is -0.341 e. The Morgan fingerprint density at radius 1 is 0.759 bits per heavy atom. The number of H-pyrrole nitrogens is 1. The number of nitrogens with zero attached hydrogens (tertiary/aromatic N) is 1. The van der Waals surface area contributed by atoms with E-state index in [9.17, 15) is 4.79 Å². The second-order valence-corrected chi connectivity index (χ2v) is 7.19. The molecule has 0 saturated heterocycles. The number of carbonyl (C=O) groups excluding carboxylic acids is 1. The summed E-state index contributed by atoms with van der Waals surface area (Å²) in [5, 5.41) is 0. The van der Waals surface area contributed by atoms with Crippen molar-refractivity contribution in [3.8, 4) is 22.5 Å². The minimum absolute atomic E-state index is 0.273. The Morgan fingerprint density at radius 2 is 1.34 bits per heavy atom. The third-order valence-corrected chi connectivity index (χ3v) is 4.98. The maximum atomic E-state index is 12.3. The van der Waals surface area contributed by atoms with Crippen LogP contribution < -0.4 is 0 Å². The third-order valence-electron chi connectivity index (χ3n) is 4.98. The van der Waals surface area contributed by atoms with Gasteiger partial charge in [0.2, 0.25) is 0 Å². The predicted molar refractivity (Wildman–Crippen MR) is 118 cm³/mol. The van der Waals surface area contributed by atoms with Gasteiger partial charge < -0.3 is 4.98 Å². The third kappa shape index (κ3) is 4.88. The van der Waals surface area contributed by atoms with Crippen LogP contribution in [-0.2, 0) is 17.6 Å². The summed E-state index contributed by atoms with van der Waals surface area (Å²) in [4.78, 5) is 20.7. The first-order chi connectivity index (χ1) is 14.3. The van der Waals surface area contributed by atoms with Crippen LogP contribution >= 0.6 is 0 Å². The first kappa shape index (κ1) is 18.9. The van der Waals surface area contributed by atoms with Gasteiger partial charge >= 0.3 is 0 Å². The molecule has 0 radical (unpaired) electrons. The summed E-state index contributed by atoms with van der Waals surface area (Å²) in [5.41, 5.74) is 5.28. The molecule has 0 unspecified atom stereocenters. The summed E-state index contributed by atoms with van der Waals surface area (Å²) in [6.07, 6.45) is 2.62. The van der Waals surface area contributed by atoms with Gasteiger partial charge in [-0.05, 0) is 12.0 Å². The van der Waals surface area contributed by atoms with Gasteiger partial charge in [-0.1, -0.05) is 91.0 Å². The Kier molecular flexibility index (Phi) is 5.96. The Labute approximate surface area is 171 Å². The molecular formula is C26H24N2O. The van der Waals surface area contributed by atoms with Crippen molar-refractivity contribution in [1.82, 2.24) is 9.97 Å². The Balaban J connectivity index is 1.47. The molecule has 3 aromatic carbocycles. The lowest BCUT2D eigenvalue weighted by molar-refractivity contribution is -0.118. The molecule has 0 spiro atoms. The highest BCUT2D eigenvalue weighted by Crippen LogP contribution is 2.30. The zero-order valence-electron chi connectivity index (χ0n) is 16.3. The quantitative estimate of drug-likeness (QED) is 0.415. The number of aromatic nitrogens is 2. The molecule has 0 atom stereocenters. The van der Waals surface area contributed by atoms with Crippen molar-refractivity contribution in [2.45, 2.75) is 25.7 Å². The Morgan fingerprint density at radius 3 is 2.00 bits per heavy atom. The molecule has 0 fully saturated rings. The monoisotopic (exact) mass is 380 g/mol. The first-order valence-electron chi connectivity index (χ1n) is 10.0. The van der Waals surface area contributed by atoms with Crippen LogP contribution in [0, 0.1) is 0 Å². The molecule has 0 aliphatic heterocycles. The molecule has 144 valence electrons. The molecule has 3 nitrogen and oxygen atoms in total. The molecule has 1 aromatic heterocycles. The average Bonchev–Trinajstić information content (AvgIpc) is 3.20. The number of ketones is 1. The molecular weight excluding hydrogens is 356 g/mol. The molecule has 29 heavy (non-hydrogen) atoms. The van der Waals surface area contributed by atoms with Crippen LogP contribution in [0.15, 0.2) is 91.0 Å². The van der Waals surface area contributed by atoms with Gasteiger partial charge in [-0.15, -0.1) is 0 Å². The van der Waals surface area contributed by atoms with E-state index in [4.69, 9.17) is 4.98 Å². The minimum atomic E-state index is 0.273. The molecule has 0 amide bonds. The zero-order chi connectivity index (χ0) is 19.9. The number of benzene rings is 3. The zero-order valence-corrected chi connectivity index (χ0v) is 16.3. The summed E-state index contributed by atoms with van der Waals surface area (Å²) < 4.78 is 0. The van der Waals surface area contributed by atoms with E-state index < -0.39 is 0 Å². The fourth-order valence-electron chi connectivity index (χ4n) is 3.52. The maximum Gasteiger partial charge on any atom is 0.137 e. The van der Waals surface area contributed by atoms with Crippen molar-refractivity contribution in [1.29, 1.82) is 0 Å². The van der Waals surface area contributed by atoms with Gasteiger partial charge in [-0.3, -0.25) is 4.79 Å². The van der Waals surface area contributed by atoms with Gasteiger partial charge in [0.1, 0.15) is 11.6 Å². The van der Waals surface area contributed by atoms with Crippen LogP contribution in [0.5, 0.6) is 0 Å². The molecule has 0 bridgehead atoms. The highest BCUT2D eigenvalue weighted by atomic mass is 16.1. The van der Waals surface area contributed by atoms with Crippen LogP contribution in [0.25, 0.3) is 22.5 Å². The van der Waals surface area contributed by atoms with E-state index in [-0.39, 0.29) is 5.78 Å². The number of hydrogen-bond acceptors (Lipinski definition) is 2. The molecule has 4 rings (SSSR count).